The molecule has 0 spiro atoms. The van der Waals surface area contributed by atoms with Crippen LogP contribution in [0.4, 0.5) is 5.69 Å². The SMILES string of the molecule is COC(=O)c1cccc(NC(=O)c2oc3c(Cl)cccc3c2C)c1O. The number of carbonyl (C=O) groups excluding carboxylic acids is 2. The lowest BCUT2D eigenvalue weighted by Gasteiger charge is -2.09. The molecule has 6 nitrogen and oxygen atoms in total. The number of aryl methyl sites for hydroxylation is 1. The number of furan rings is 1. The maximum Gasteiger partial charge on any atom is 0.341 e. The number of fused-ring (bicyclic) bond motifs is 1. The van der Waals surface area contributed by atoms with E-state index in [1.807, 2.05) is 0 Å². The van der Waals surface area contributed by atoms with Crippen molar-refractivity contribution in [1.29, 1.82) is 0 Å². The van der Waals surface area contributed by atoms with E-state index in [4.69, 9.17) is 16.0 Å². The summed E-state index contributed by atoms with van der Waals surface area (Å²) >= 11 is 6.09. The summed E-state index contributed by atoms with van der Waals surface area (Å²) in [7, 11) is 1.20. The van der Waals surface area contributed by atoms with Gasteiger partial charge in [-0.1, -0.05) is 29.8 Å². The minimum absolute atomic E-state index is 0.0512. The number of ether oxygens (including phenoxy) is 1. The van der Waals surface area contributed by atoms with E-state index in [0.29, 0.717) is 16.2 Å². The fraction of sp³-hybridized carbons (Fsp3) is 0.111. The largest absolute Gasteiger partial charge is 0.505 e. The van der Waals surface area contributed by atoms with Gasteiger partial charge in [-0.3, -0.25) is 4.79 Å². The Hall–Kier alpha value is -2.99. The van der Waals surface area contributed by atoms with Crippen LogP contribution in [0.3, 0.4) is 0 Å². The first kappa shape index (κ1) is 16.9. The molecule has 3 aromatic rings. The number of amides is 1. The Morgan fingerprint density at radius 1 is 1.20 bits per heavy atom. The molecule has 2 N–H and O–H groups in total. The van der Waals surface area contributed by atoms with Crippen molar-refractivity contribution in [3.05, 3.63) is 58.3 Å². The normalized spacial score (nSPS) is 10.7. The van der Waals surface area contributed by atoms with Crippen molar-refractivity contribution in [3.8, 4) is 5.75 Å². The van der Waals surface area contributed by atoms with Crippen molar-refractivity contribution in [2.75, 3.05) is 12.4 Å². The number of benzene rings is 2. The van der Waals surface area contributed by atoms with E-state index in [1.54, 1.807) is 25.1 Å². The van der Waals surface area contributed by atoms with E-state index in [9.17, 15) is 14.7 Å². The summed E-state index contributed by atoms with van der Waals surface area (Å²) in [4.78, 5) is 24.2. The topological polar surface area (TPSA) is 88.8 Å². The fourth-order valence-electron chi connectivity index (χ4n) is 2.52. The number of aromatic hydroxyl groups is 1. The molecule has 0 aliphatic rings. The molecule has 1 amide bonds. The molecule has 7 heteroatoms. The molecular formula is C18H14ClNO5. The Labute approximate surface area is 148 Å². The van der Waals surface area contributed by atoms with Gasteiger partial charge in [-0.25, -0.2) is 4.79 Å². The number of phenols is 1. The van der Waals surface area contributed by atoms with Crippen molar-refractivity contribution >= 4 is 40.1 Å². The third-order valence-corrected chi connectivity index (χ3v) is 4.11. The zero-order valence-corrected chi connectivity index (χ0v) is 14.2. The lowest BCUT2D eigenvalue weighted by molar-refractivity contribution is 0.0597. The molecule has 0 fully saturated rings. The summed E-state index contributed by atoms with van der Waals surface area (Å²) < 4.78 is 10.2. The standard InChI is InChI=1S/C18H14ClNO5/c1-9-10-5-3-7-12(19)16(10)25-15(9)17(22)20-13-8-4-6-11(14(13)21)18(23)24-2/h3-8,21H,1-2H3,(H,20,22). The Bertz CT molecular complexity index is 993. The van der Waals surface area contributed by atoms with Gasteiger partial charge in [0.1, 0.15) is 5.56 Å². The van der Waals surface area contributed by atoms with Gasteiger partial charge in [0, 0.05) is 10.9 Å². The van der Waals surface area contributed by atoms with Crippen molar-refractivity contribution in [2.45, 2.75) is 6.92 Å². The van der Waals surface area contributed by atoms with E-state index < -0.39 is 11.9 Å². The zero-order chi connectivity index (χ0) is 18.1. The number of halogens is 1. The number of rotatable bonds is 3. The van der Waals surface area contributed by atoms with Crippen LogP contribution in [0.15, 0.2) is 40.8 Å². The molecule has 128 valence electrons. The summed E-state index contributed by atoms with van der Waals surface area (Å²) in [5.41, 5.74) is 1.06. The van der Waals surface area contributed by atoms with Crippen LogP contribution in [0.2, 0.25) is 5.02 Å². The molecule has 0 bridgehead atoms. The molecule has 0 atom stereocenters. The van der Waals surface area contributed by atoms with E-state index in [2.05, 4.69) is 10.1 Å². The number of carbonyl (C=O) groups is 2. The third kappa shape index (κ3) is 2.92. The summed E-state index contributed by atoms with van der Waals surface area (Å²) in [6.45, 7) is 1.74. The van der Waals surface area contributed by atoms with Crippen molar-refractivity contribution in [3.63, 3.8) is 0 Å². The van der Waals surface area contributed by atoms with E-state index >= 15 is 0 Å². The second-order valence-corrected chi connectivity index (χ2v) is 5.73. The van der Waals surface area contributed by atoms with Gasteiger partial charge in [0.15, 0.2) is 17.1 Å². The van der Waals surface area contributed by atoms with Crippen LogP contribution in [0.5, 0.6) is 5.75 Å². The second kappa shape index (κ2) is 6.49. The van der Waals surface area contributed by atoms with Crippen LogP contribution < -0.4 is 5.32 Å². The molecule has 0 aliphatic carbocycles. The van der Waals surface area contributed by atoms with Gasteiger partial charge >= 0.3 is 5.97 Å². The number of phenolic OH excluding ortho intramolecular Hbond substituents is 1. The van der Waals surface area contributed by atoms with E-state index in [0.717, 1.165) is 5.39 Å². The molecule has 25 heavy (non-hydrogen) atoms. The number of esters is 1. The first-order valence-electron chi connectivity index (χ1n) is 7.33. The summed E-state index contributed by atoms with van der Waals surface area (Å²) in [6.07, 6.45) is 0. The number of methoxy groups -OCH3 is 1. The number of hydrogen-bond donors (Lipinski definition) is 2. The Kier molecular flexibility index (Phi) is 4.37. The van der Waals surface area contributed by atoms with Crippen LogP contribution in [-0.2, 0) is 4.74 Å². The first-order valence-corrected chi connectivity index (χ1v) is 7.71. The molecule has 3 rings (SSSR count). The van der Waals surface area contributed by atoms with Crippen LogP contribution >= 0.6 is 11.6 Å². The first-order chi connectivity index (χ1) is 11.9. The Morgan fingerprint density at radius 2 is 1.92 bits per heavy atom. The smallest absolute Gasteiger partial charge is 0.341 e. The molecule has 0 aliphatic heterocycles. The average molecular weight is 360 g/mol. The fourth-order valence-corrected chi connectivity index (χ4v) is 2.74. The molecule has 0 unspecified atom stereocenters. The third-order valence-electron chi connectivity index (χ3n) is 3.81. The molecular weight excluding hydrogens is 346 g/mol. The summed E-state index contributed by atoms with van der Waals surface area (Å²) in [6, 6.07) is 9.60. The predicted molar refractivity (Wildman–Crippen MR) is 93.4 cm³/mol. The number of anilines is 1. The maximum absolute atomic E-state index is 12.5. The van der Waals surface area contributed by atoms with Crippen LogP contribution in [0, 0.1) is 6.92 Å². The Balaban J connectivity index is 1.97. The van der Waals surface area contributed by atoms with Gasteiger partial charge in [0.05, 0.1) is 17.8 Å². The van der Waals surface area contributed by atoms with Crippen LogP contribution in [0.1, 0.15) is 26.5 Å². The van der Waals surface area contributed by atoms with Gasteiger partial charge in [0.25, 0.3) is 5.91 Å². The molecule has 2 aromatic carbocycles. The molecule has 1 heterocycles. The van der Waals surface area contributed by atoms with Crippen molar-refractivity contribution in [1.82, 2.24) is 0 Å². The summed E-state index contributed by atoms with van der Waals surface area (Å²) in [5, 5.41) is 13.8. The molecule has 0 saturated heterocycles. The molecule has 0 radical (unpaired) electrons. The van der Waals surface area contributed by atoms with Gasteiger partial charge in [-0.15, -0.1) is 0 Å². The Morgan fingerprint density at radius 3 is 2.60 bits per heavy atom. The monoisotopic (exact) mass is 359 g/mol. The minimum Gasteiger partial charge on any atom is -0.505 e. The average Bonchev–Trinajstić information content (AvgIpc) is 2.94. The number of para-hydroxylation sites is 2. The molecule has 0 saturated carbocycles. The maximum atomic E-state index is 12.5. The van der Waals surface area contributed by atoms with E-state index in [-0.39, 0.29) is 22.8 Å². The summed E-state index contributed by atoms with van der Waals surface area (Å²) in [5.74, 6) is -1.58. The zero-order valence-electron chi connectivity index (χ0n) is 13.4. The van der Waals surface area contributed by atoms with Gasteiger partial charge in [0.2, 0.25) is 0 Å². The minimum atomic E-state index is -0.708. The second-order valence-electron chi connectivity index (χ2n) is 5.32. The highest BCUT2D eigenvalue weighted by Crippen LogP contribution is 2.32. The quantitative estimate of drug-likeness (QED) is 0.542. The highest BCUT2D eigenvalue weighted by atomic mass is 35.5. The molecule has 1 aromatic heterocycles. The highest BCUT2D eigenvalue weighted by Gasteiger charge is 2.21. The lowest BCUT2D eigenvalue weighted by atomic mass is 10.1. The van der Waals surface area contributed by atoms with Crippen LogP contribution in [0.25, 0.3) is 11.0 Å². The van der Waals surface area contributed by atoms with Gasteiger partial charge < -0.3 is 19.6 Å². The van der Waals surface area contributed by atoms with Crippen molar-refractivity contribution < 1.29 is 23.8 Å². The lowest BCUT2D eigenvalue weighted by Crippen LogP contribution is -2.13. The number of nitrogens with one attached hydrogen (secondary N) is 1. The number of hydrogen-bond acceptors (Lipinski definition) is 5. The van der Waals surface area contributed by atoms with Gasteiger partial charge in [-0.05, 0) is 25.1 Å². The van der Waals surface area contributed by atoms with E-state index in [1.165, 1.54) is 25.3 Å². The highest BCUT2D eigenvalue weighted by molar-refractivity contribution is 6.35. The predicted octanol–water partition coefficient (Wildman–Crippen LogP) is 4.14. The van der Waals surface area contributed by atoms with Crippen molar-refractivity contribution in [2.24, 2.45) is 0 Å². The van der Waals surface area contributed by atoms with Crippen LogP contribution in [-0.4, -0.2) is 24.1 Å². The van der Waals surface area contributed by atoms with Gasteiger partial charge in [-0.2, -0.15) is 0 Å².